The normalized spacial score (nSPS) is 19.4. The molecule has 0 spiro atoms. The van der Waals surface area contributed by atoms with Crippen molar-refractivity contribution in [2.24, 2.45) is 5.92 Å². The van der Waals surface area contributed by atoms with E-state index in [1.54, 1.807) is 0 Å². The Bertz CT molecular complexity index is 205. The Balaban J connectivity index is 2.72. The molecule has 0 heterocycles. The van der Waals surface area contributed by atoms with Crippen molar-refractivity contribution < 1.29 is 5.11 Å². The molecule has 2 nitrogen and oxygen atoms in total. The number of rotatable bonds is 8. The fraction of sp³-hybridized carbons (Fsp3) is 1.00. The van der Waals surface area contributed by atoms with E-state index in [-0.39, 0.29) is 11.6 Å². The summed E-state index contributed by atoms with van der Waals surface area (Å²) in [4.78, 5) is 2.47. The third-order valence-electron chi connectivity index (χ3n) is 5.02. The quantitative estimate of drug-likeness (QED) is 0.703. The molecule has 0 amide bonds. The highest BCUT2D eigenvalue weighted by molar-refractivity contribution is 4.96. The molecular formula is C15H31NO. The van der Waals surface area contributed by atoms with Gasteiger partial charge in [-0.2, -0.15) is 0 Å². The Hall–Kier alpha value is -0.0800. The van der Waals surface area contributed by atoms with Crippen LogP contribution < -0.4 is 0 Å². The number of nitrogens with zero attached hydrogens (tertiary/aromatic N) is 1. The molecule has 1 aliphatic carbocycles. The molecule has 1 rings (SSSR count). The van der Waals surface area contributed by atoms with Gasteiger partial charge in [0.15, 0.2) is 0 Å². The van der Waals surface area contributed by atoms with E-state index in [1.165, 1.54) is 19.3 Å². The molecule has 1 saturated carbocycles. The average Bonchev–Trinajstić information content (AvgIpc) is 2.30. The van der Waals surface area contributed by atoms with Crippen LogP contribution in [0, 0.1) is 5.92 Å². The lowest BCUT2D eigenvalue weighted by molar-refractivity contribution is -0.0506. The highest BCUT2D eigenvalue weighted by Gasteiger charge is 2.40. The standard InChI is InChI=1S/C15H31NO/c1-5-15(6-2,16(7-3)8-4)14(17)12-13-10-9-11-13/h13-14,17H,5-12H2,1-4H3. The van der Waals surface area contributed by atoms with Gasteiger partial charge < -0.3 is 5.11 Å². The van der Waals surface area contributed by atoms with Crippen LogP contribution in [0.15, 0.2) is 0 Å². The van der Waals surface area contributed by atoms with Crippen molar-refractivity contribution in [2.45, 2.75) is 77.9 Å². The molecule has 1 unspecified atom stereocenters. The van der Waals surface area contributed by atoms with Crippen LogP contribution in [0.5, 0.6) is 0 Å². The molecular weight excluding hydrogens is 210 g/mol. The number of aliphatic hydroxyl groups is 1. The maximum Gasteiger partial charge on any atom is 0.0726 e. The van der Waals surface area contributed by atoms with Crippen LogP contribution in [-0.2, 0) is 0 Å². The number of hydrogen-bond donors (Lipinski definition) is 1. The van der Waals surface area contributed by atoms with Gasteiger partial charge in [0, 0.05) is 5.54 Å². The maximum atomic E-state index is 10.7. The lowest BCUT2D eigenvalue weighted by Gasteiger charge is -2.47. The van der Waals surface area contributed by atoms with E-state index in [2.05, 4.69) is 32.6 Å². The van der Waals surface area contributed by atoms with Gasteiger partial charge in [0.25, 0.3) is 0 Å². The molecule has 17 heavy (non-hydrogen) atoms. The van der Waals surface area contributed by atoms with Gasteiger partial charge in [-0.05, 0) is 38.3 Å². The second kappa shape index (κ2) is 6.75. The van der Waals surface area contributed by atoms with Crippen molar-refractivity contribution in [3.63, 3.8) is 0 Å². The molecule has 102 valence electrons. The van der Waals surface area contributed by atoms with Gasteiger partial charge in [0.2, 0.25) is 0 Å². The zero-order valence-electron chi connectivity index (χ0n) is 12.2. The number of likely N-dealkylation sites (N-methyl/N-ethyl adjacent to an activating group) is 1. The van der Waals surface area contributed by atoms with Gasteiger partial charge in [0.1, 0.15) is 0 Å². The zero-order valence-corrected chi connectivity index (χ0v) is 12.2. The predicted octanol–water partition coefficient (Wildman–Crippen LogP) is 3.44. The van der Waals surface area contributed by atoms with E-state index in [9.17, 15) is 5.11 Å². The Kier molecular flexibility index (Phi) is 5.94. The third kappa shape index (κ3) is 3.03. The lowest BCUT2D eigenvalue weighted by atomic mass is 9.74. The second-order valence-corrected chi connectivity index (χ2v) is 5.53. The second-order valence-electron chi connectivity index (χ2n) is 5.53. The summed E-state index contributed by atoms with van der Waals surface area (Å²) >= 11 is 0. The van der Waals surface area contributed by atoms with E-state index in [1.807, 2.05) is 0 Å². The molecule has 1 aliphatic rings. The minimum Gasteiger partial charge on any atom is -0.391 e. The van der Waals surface area contributed by atoms with Crippen molar-refractivity contribution in [3.8, 4) is 0 Å². The van der Waals surface area contributed by atoms with Crippen molar-refractivity contribution in [1.29, 1.82) is 0 Å². The highest BCUT2D eigenvalue weighted by Crippen LogP contribution is 2.37. The van der Waals surface area contributed by atoms with E-state index in [4.69, 9.17) is 0 Å². The summed E-state index contributed by atoms with van der Waals surface area (Å²) in [5.74, 6) is 0.790. The fourth-order valence-electron chi connectivity index (χ4n) is 3.50. The van der Waals surface area contributed by atoms with E-state index in [0.29, 0.717) is 0 Å². The Morgan fingerprint density at radius 1 is 1.12 bits per heavy atom. The summed E-state index contributed by atoms with van der Waals surface area (Å²) in [5, 5.41) is 10.7. The molecule has 0 aromatic carbocycles. The van der Waals surface area contributed by atoms with Crippen LogP contribution in [-0.4, -0.2) is 34.7 Å². The van der Waals surface area contributed by atoms with Crippen molar-refractivity contribution in [1.82, 2.24) is 4.90 Å². The lowest BCUT2D eigenvalue weighted by Crippen LogP contribution is -2.56. The van der Waals surface area contributed by atoms with Crippen LogP contribution in [0.4, 0.5) is 0 Å². The minimum atomic E-state index is -0.150. The first-order valence-electron chi connectivity index (χ1n) is 7.57. The molecule has 0 aliphatic heterocycles. The fourth-order valence-corrected chi connectivity index (χ4v) is 3.50. The topological polar surface area (TPSA) is 23.5 Å². The molecule has 0 aromatic rings. The first-order chi connectivity index (χ1) is 8.14. The summed E-state index contributed by atoms with van der Waals surface area (Å²) in [7, 11) is 0. The summed E-state index contributed by atoms with van der Waals surface area (Å²) in [6.07, 6.45) is 7.00. The average molecular weight is 241 g/mol. The smallest absolute Gasteiger partial charge is 0.0726 e. The van der Waals surface area contributed by atoms with Crippen molar-refractivity contribution in [3.05, 3.63) is 0 Å². The molecule has 0 bridgehead atoms. The summed E-state index contributed by atoms with van der Waals surface area (Å²) < 4.78 is 0. The summed E-state index contributed by atoms with van der Waals surface area (Å²) in [5.41, 5.74) is 0.0130. The van der Waals surface area contributed by atoms with Gasteiger partial charge in [0.05, 0.1) is 6.10 Å². The van der Waals surface area contributed by atoms with E-state index in [0.717, 1.165) is 38.3 Å². The van der Waals surface area contributed by atoms with Gasteiger partial charge in [-0.3, -0.25) is 4.90 Å². The highest BCUT2D eigenvalue weighted by atomic mass is 16.3. The third-order valence-corrected chi connectivity index (χ3v) is 5.02. The Morgan fingerprint density at radius 3 is 1.94 bits per heavy atom. The van der Waals surface area contributed by atoms with E-state index < -0.39 is 0 Å². The van der Waals surface area contributed by atoms with Crippen LogP contribution in [0.3, 0.4) is 0 Å². The van der Waals surface area contributed by atoms with Crippen LogP contribution in [0.1, 0.15) is 66.2 Å². The number of hydrogen-bond acceptors (Lipinski definition) is 2. The first-order valence-corrected chi connectivity index (χ1v) is 7.57. The maximum absolute atomic E-state index is 10.7. The van der Waals surface area contributed by atoms with Crippen molar-refractivity contribution >= 4 is 0 Å². The Labute approximate surface area is 107 Å². The molecule has 1 atom stereocenters. The first kappa shape index (κ1) is 15.0. The van der Waals surface area contributed by atoms with Crippen LogP contribution in [0.2, 0.25) is 0 Å². The predicted molar refractivity (Wildman–Crippen MR) is 74.2 cm³/mol. The summed E-state index contributed by atoms with van der Waals surface area (Å²) in [6, 6.07) is 0. The van der Waals surface area contributed by atoms with Crippen LogP contribution in [0.25, 0.3) is 0 Å². The Morgan fingerprint density at radius 2 is 1.65 bits per heavy atom. The largest absolute Gasteiger partial charge is 0.391 e. The van der Waals surface area contributed by atoms with Crippen LogP contribution >= 0.6 is 0 Å². The number of aliphatic hydroxyl groups excluding tert-OH is 1. The minimum absolute atomic E-state index is 0.0130. The van der Waals surface area contributed by atoms with Crippen molar-refractivity contribution in [2.75, 3.05) is 13.1 Å². The van der Waals surface area contributed by atoms with Gasteiger partial charge >= 0.3 is 0 Å². The monoisotopic (exact) mass is 241 g/mol. The van der Waals surface area contributed by atoms with Gasteiger partial charge in [-0.25, -0.2) is 0 Å². The molecule has 0 radical (unpaired) electrons. The zero-order chi connectivity index (χ0) is 12.9. The van der Waals surface area contributed by atoms with E-state index >= 15 is 0 Å². The molecule has 2 heteroatoms. The van der Waals surface area contributed by atoms with Gasteiger partial charge in [-0.15, -0.1) is 0 Å². The molecule has 0 saturated heterocycles. The SMILES string of the molecule is CCN(CC)C(CC)(CC)C(O)CC1CCC1. The molecule has 1 N–H and O–H groups in total. The summed E-state index contributed by atoms with van der Waals surface area (Å²) in [6.45, 7) is 11.0. The molecule has 1 fully saturated rings. The van der Waals surface area contributed by atoms with Gasteiger partial charge in [-0.1, -0.05) is 47.0 Å². The molecule has 0 aromatic heterocycles.